The third-order valence-electron chi connectivity index (χ3n) is 3.33. The van der Waals surface area contributed by atoms with E-state index in [1.165, 1.54) is 0 Å². The highest BCUT2D eigenvalue weighted by atomic mass is 35.5. The average molecular weight is 312 g/mol. The predicted molar refractivity (Wildman–Crippen MR) is 87.9 cm³/mol. The van der Waals surface area contributed by atoms with Gasteiger partial charge < -0.3 is 9.64 Å². The molecule has 1 aromatic carbocycles. The van der Waals surface area contributed by atoms with Gasteiger partial charge >= 0.3 is 0 Å². The van der Waals surface area contributed by atoms with Gasteiger partial charge in [0.05, 0.1) is 0 Å². The molecule has 0 heterocycles. The lowest BCUT2D eigenvalue weighted by Crippen LogP contribution is -2.41. The van der Waals surface area contributed by atoms with Crippen LogP contribution in [0.3, 0.4) is 0 Å². The molecule has 1 unspecified atom stereocenters. The SMILES string of the molecule is CCCCN(CCCC)C(=O)C(C)Oc1cccc(Cl)c1. The molecule has 0 fully saturated rings. The van der Waals surface area contributed by atoms with Crippen LogP contribution in [0, 0.1) is 0 Å². The molecule has 0 bridgehead atoms. The molecule has 0 radical (unpaired) electrons. The number of benzene rings is 1. The van der Waals surface area contributed by atoms with E-state index < -0.39 is 6.10 Å². The van der Waals surface area contributed by atoms with Gasteiger partial charge in [-0.15, -0.1) is 0 Å². The van der Waals surface area contributed by atoms with E-state index in [1.54, 1.807) is 19.1 Å². The summed E-state index contributed by atoms with van der Waals surface area (Å²) < 4.78 is 5.72. The first-order valence-corrected chi connectivity index (χ1v) is 8.17. The summed E-state index contributed by atoms with van der Waals surface area (Å²) in [6.07, 6.45) is 3.73. The third kappa shape index (κ3) is 6.38. The maximum atomic E-state index is 12.5. The van der Waals surface area contributed by atoms with Gasteiger partial charge in [-0.2, -0.15) is 0 Å². The highest BCUT2D eigenvalue weighted by molar-refractivity contribution is 6.30. The lowest BCUT2D eigenvalue weighted by molar-refractivity contribution is -0.138. The second kappa shape index (κ2) is 9.67. The Hall–Kier alpha value is -1.22. The van der Waals surface area contributed by atoms with E-state index in [2.05, 4.69) is 13.8 Å². The summed E-state index contributed by atoms with van der Waals surface area (Å²) in [5.74, 6) is 0.686. The van der Waals surface area contributed by atoms with Crippen molar-refractivity contribution in [1.82, 2.24) is 4.90 Å². The van der Waals surface area contributed by atoms with E-state index in [9.17, 15) is 4.79 Å². The summed E-state index contributed by atoms with van der Waals surface area (Å²) in [6.45, 7) is 7.67. The number of carbonyl (C=O) groups is 1. The van der Waals surface area contributed by atoms with Gasteiger partial charge in [-0.25, -0.2) is 0 Å². The summed E-state index contributed by atoms with van der Waals surface area (Å²) in [5, 5.41) is 0.612. The Balaban J connectivity index is 2.63. The fourth-order valence-electron chi connectivity index (χ4n) is 2.08. The average Bonchev–Trinajstić information content (AvgIpc) is 2.47. The van der Waals surface area contributed by atoms with Gasteiger partial charge in [-0.3, -0.25) is 4.79 Å². The third-order valence-corrected chi connectivity index (χ3v) is 3.57. The number of hydrogen-bond acceptors (Lipinski definition) is 2. The largest absolute Gasteiger partial charge is 0.481 e. The van der Waals surface area contributed by atoms with Crippen LogP contribution >= 0.6 is 11.6 Å². The van der Waals surface area contributed by atoms with Gasteiger partial charge in [0.15, 0.2) is 6.10 Å². The molecule has 0 aliphatic heterocycles. The summed E-state index contributed by atoms with van der Waals surface area (Å²) in [5.41, 5.74) is 0. The smallest absolute Gasteiger partial charge is 0.263 e. The molecule has 1 rings (SSSR count). The fourth-order valence-corrected chi connectivity index (χ4v) is 2.26. The van der Waals surface area contributed by atoms with E-state index in [-0.39, 0.29) is 5.91 Å². The van der Waals surface area contributed by atoms with Crippen LogP contribution in [0.4, 0.5) is 0 Å². The lowest BCUT2D eigenvalue weighted by atomic mass is 10.2. The molecule has 0 aromatic heterocycles. The van der Waals surface area contributed by atoms with Crippen molar-refractivity contribution in [3.05, 3.63) is 29.3 Å². The van der Waals surface area contributed by atoms with Crippen LogP contribution in [0.1, 0.15) is 46.5 Å². The number of carbonyl (C=O) groups excluding carboxylic acids is 1. The summed E-state index contributed by atoms with van der Waals surface area (Å²) in [7, 11) is 0. The van der Waals surface area contributed by atoms with E-state index in [0.29, 0.717) is 10.8 Å². The highest BCUT2D eigenvalue weighted by Crippen LogP contribution is 2.19. The minimum absolute atomic E-state index is 0.0527. The zero-order valence-electron chi connectivity index (χ0n) is 13.3. The molecule has 1 aromatic rings. The number of ether oxygens (including phenoxy) is 1. The Labute approximate surface area is 133 Å². The number of hydrogen-bond donors (Lipinski definition) is 0. The van der Waals surface area contributed by atoms with Crippen LogP contribution in [0.15, 0.2) is 24.3 Å². The topological polar surface area (TPSA) is 29.5 Å². The van der Waals surface area contributed by atoms with Gasteiger partial charge in [-0.1, -0.05) is 44.4 Å². The zero-order chi connectivity index (χ0) is 15.7. The normalized spacial score (nSPS) is 12.0. The highest BCUT2D eigenvalue weighted by Gasteiger charge is 2.21. The maximum absolute atomic E-state index is 12.5. The van der Waals surface area contributed by atoms with Gasteiger partial charge in [0.2, 0.25) is 0 Å². The molecular formula is C17H26ClNO2. The van der Waals surface area contributed by atoms with Crippen molar-refractivity contribution in [1.29, 1.82) is 0 Å². The van der Waals surface area contributed by atoms with Crippen LogP contribution in [0.25, 0.3) is 0 Å². The van der Waals surface area contributed by atoms with Gasteiger partial charge in [0, 0.05) is 18.1 Å². The molecule has 0 spiro atoms. The number of halogens is 1. The summed E-state index contributed by atoms with van der Waals surface area (Å²) in [4.78, 5) is 14.4. The van der Waals surface area contributed by atoms with Crippen LogP contribution in [0.5, 0.6) is 5.75 Å². The molecule has 4 heteroatoms. The molecule has 21 heavy (non-hydrogen) atoms. The predicted octanol–water partition coefficient (Wildman–Crippen LogP) is 4.54. The fraction of sp³-hybridized carbons (Fsp3) is 0.588. The van der Waals surface area contributed by atoms with Crippen molar-refractivity contribution in [3.8, 4) is 5.75 Å². The number of amides is 1. The Morgan fingerprint density at radius 1 is 1.24 bits per heavy atom. The number of rotatable bonds is 9. The van der Waals surface area contributed by atoms with Crippen molar-refractivity contribution < 1.29 is 9.53 Å². The van der Waals surface area contributed by atoms with Gasteiger partial charge in [0.25, 0.3) is 5.91 Å². The van der Waals surface area contributed by atoms with Gasteiger partial charge in [0.1, 0.15) is 5.75 Å². The summed E-state index contributed by atoms with van der Waals surface area (Å²) in [6, 6.07) is 7.16. The van der Waals surface area contributed by atoms with Crippen molar-refractivity contribution in [3.63, 3.8) is 0 Å². The van der Waals surface area contributed by atoms with Crippen molar-refractivity contribution in [2.45, 2.75) is 52.6 Å². The molecule has 3 nitrogen and oxygen atoms in total. The van der Waals surface area contributed by atoms with Crippen molar-refractivity contribution in [2.24, 2.45) is 0 Å². The van der Waals surface area contributed by atoms with Crippen LogP contribution in [0.2, 0.25) is 5.02 Å². The Kier molecular flexibility index (Phi) is 8.21. The first-order chi connectivity index (χ1) is 10.1. The number of unbranched alkanes of at least 4 members (excludes halogenated alkanes) is 2. The molecule has 0 saturated carbocycles. The molecule has 0 N–H and O–H groups in total. The zero-order valence-corrected chi connectivity index (χ0v) is 14.0. The van der Waals surface area contributed by atoms with Gasteiger partial charge in [-0.05, 0) is 38.0 Å². The molecule has 0 saturated heterocycles. The summed E-state index contributed by atoms with van der Waals surface area (Å²) >= 11 is 5.93. The molecule has 0 aliphatic rings. The lowest BCUT2D eigenvalue weighted by Gasteiger charge is -2.26. The van der Waals surface area contributed by atoms with Crippen molar-refractivity contribution in [2.75, 3.05) is 13.1 Å². The van der Waals surface area contributed by atoms with E-state index in [1.807, 2.05) is 17.0 Å². The molecule has 1 atom stereocenters. The molecule has 0 aliphatic carbocycles. The second-order valence-corrected chi connectivity index (χ2v) is 5.69. The Morgan fingerprint density at radius 2 is 1.86 bits per heavy atom. The first kappa shape index (κ1) is 17.8. The van der Waals surface area contributed by atoms with Crippen molar-refractivity contribution >= 4 is 17.5 Å². The minimum Gasteiger partial charge on any atom is -0.481 e. The monoisotopic (exact) mass is 311 g/mol. The van der Waals surface area contributed by atoms with E-state index in [4.69, 9.17) is 16.3 Å². The van der Waals surface area contributed by atoms with E-state index in [0.717, 1.165) is 38.8 Å². The molecule has 118 valence electrons. The van der Waals surface area contributed by atoms with Crippen LogP contribution in [-0.2, 0) is 4.79 Å². The van der Waals surface area contributed by atoms with E-state index >= 15 is 0 Å². The second-order valence-electron chi connectivity index (χ2n) is 5.25. The Bertz CT molecular complexity index is 429. The quantitative estimate of drug-likeness (QED) is 0.670. The molecule has 1 amide bonds. The standard InChI is InChI=1S/C17H26ClNO2/c1-4-6-11-19(12-7-5-2)17(20)14(3)21-16-10-8-9-15(18)13-16/h8-10,13-14H,4-7,11-12H2,1-3H3. The molecular weight excluding hydrogens is 286 g/mol. The Morgan fingerprint density at radius 3 is 2.38 bits per heavy atom. The number of nitrogens with zero attached hydrogens (tertiary/aromatic N) is 1. The van der Waals surface area contributed by atoms with Crippen LogP contribution < -0.4 is 4.74 Å². The maximum Gasteiger partial charge on any atom is 0.263 e. The van der Waals surface area contributed by atoms with Crippen LogP contribution in [-0.4, -0.2) is 30.0 Å². The first-order valence-electron chi connectivity index (χ1n) is 7.79. The minimum atomic E-state index is -0.489.